The predicted octanol–water partition coefficient (Wildman–Crippen LogP) is 3.94. The van der Waals surface area contributed by atoms with Crippen LogP contribution in [0.1, 0.15) is 18.4 Å². The van der Waals surface area contributed by atoms with Gasteiger partial charge in [0.1, 0.15) is 0 Å². The van der Waals surface area contributed by atoms with Gasteiger partial charge >= 0.3 is 0 Å². The largest absolute Gasteiger partial charge is 0.369 e. The van der Waals surface area contributed by atoms with Crippen LogP contribution >= 0.6 is 11.6 Å². The average molecular weight is 412 g/mol. The van der Waals surface area contributed by atoms with E-state index >= 15 is 0 Å². The van der Waals surface area contributed by atoms with Crippen molar-refractivity contribution < 1.29 is 4.79 Å². The summed E-state index contributed by atoms with van der Waals surface area (Å²) in [6.45, 7) is 6.06. The minimum absolute atomic E-state index is 0.291. The van der Waals surface area contributed by atoms with Crippen LogP contribution in [-0.2, 0) is 11.2 Å². The first kappa shape index (κ1) is 20.2. The van der Waals surface area contributed by atoms with E-state index in [1.54, 1.807) is 0 Å². The highest BCUT2D eigenvalue weighted by Crippen LogP contribution is 2.23. The number of carbonyl (C=O) groups excluding carboxylic acids is 1. The fourth-order valence-electron chi connectivity index (χ4n) is 4.46. The van der Waals surface area contributed by atoms with Gasteiger partial charge in [0.25, 0.3) is 0 Å². The molecule has 0 atom stereocenters. The number of hydrogen-bond acceptors (Lipinski definition) is 3. The maximum atomic E-state index is 12.8. The highest BCUT2D eigenvalue weighted by Gasteiger charge is 2.25. The minimum atomic E-state index is 0.291. The Morgan fingerprint density at radius 2 is 1.62 bits per heavy atom. The molecule has 4 nitrogen and oxygen atoms in total. The summed E-state index contributed by atoms with van der Waals surface area (Å²) in [6, 6.07) is 18.7. The predicted molar refractivity (Wildman–Crippen MR) is 120 cm³/mol. The molecular weight excluding hydrogens is 382 g/mol. The van der Waals surface area contributed by atoms with E-state index in [1.807, 2.05) is 18.2 Å². The van der Waals surface area contributed by atoms with Gasteiger partial charge in [-0.15, -0.1) is 0 Å². The standard InChI is InChI=1S/C24H30ClN3O/c25-22-7-4-8-23(18-22)27-15-13-26(14-16-27)19-24(29)28-11-9-21(10-12-28)17-20-5-2-1-3-6-20/h1-8,18,21H,9-17,19H2. The maximum Gasteiger partial charge on any atom is 0.236 e. The van der Waals surface area contributed by atoms with Crippen LogP contribution in [0.25, 0.3) is 0 Å². The van der Waals surface area contributed by atoms with Gasteiger partial charge in [-0.1, -0.05) is 48.0 Å². The molecule has 0 spiro atoms. The molecular formula is C24H30ClN3O. The monoisotopic (exact) mass is 411 g/mol. The summed E-state index contributed by atoms with van der Waals surface area (Å²) < 4.78 is 0. The van der Waals surface area contributed by atoms with E-state index in [4.69, 9.17) is 11.6 Å². The number of nitrogens with zero attached hydrogens (tertiary/aromatic N) is 3. The molecule has 2 heterocycles. The summed E-state index contributed by atoms with van der Waals surface area (Å²) in [5, 5.41) is 0.774. The van der Waals surface area contributed by atoms with Gasteiger partial charge in [0.2, 0.25) is 5.91 Å². The van der Waals surface area contributed by atoms with E-state index in [9.17, 15) is 4.79 Å². The van der Waals surface area contributed by atoms with E-state index in [0.717, 1.165) is 63.6 Å². The minimum Gasteiger partial charge on any atom is -0.369 e. The summed E-state index contributed by atoms with van der Waals surface area (Å²) in [4.78, 5) is 19.5. The number of hydrogen-bond donors (Lipinski definition) is 0. The summed E-state index contributed by atoms with van der Waals surface area (Å²) in [6.07, 6.45) is 3.36. The Morgan fingerprint density at radius 3 is 2.31 bits per heavy atom. The van der Waals surface area contributed by atoms with Gasteiger partial charge in [-0.25, -0.2) is 0 Å². The number of benzene rings is 2. The fraction of sp³-hybridized carbons (Fsp3) is 0.458. The SMILES string of the molecule is O=C(CN1CCN(c2cccc(Cl)c2)CC1)N1CCC(Cc2ccccc2)CC1. The number of rotatable bonds is 5. The van der Waals surface area contributed by atoms with Crippen molar-refractivity contribution in [1.29, 1.82) is 0 Å². The van der Waals surface area contributed by atoms with Crippen molar-refractivity contribution in [3.63, 3.8) is 0 Å². The molecule has 0 bridgehead atoms. The molecule has 4 rings (SSSR count). The molecule has 0 N–H and O–H groups in total. The number of anilines is 1. The molecule has 2 aliphatic heterocycles. The molecule has 154 valence electrons. The van der Waals surface area contributed by atoms with Gasteiger partial charge in [0, 0.05) is 50.0 Å². The van der Waals surface area contributed by atoms with Crippen molar-refractivity contribution in [2.75, 3.05) is 50.7 Å². The van der Waals surface area contributed by atoms with Crippen LogP contribution in [0.3, 0.4) is 0 Å². The maximum absolute atomic E-state index is 12.8. The molecule has 0 saturated carbocycles. The third-order valence-corrected chi connectivity index (χ3v) is 6.47. The van der Waals surface area contributed by atoms with Crippen LogP contribution in [0, 0.1) is 5.92 Å². The third kappa shape index (κ3) is 5.52. The quantitative estimate of drug-likeness (QED) is 0.745. The van der Waals surface area contributed by atoms with Crippen LogP contribution in [0.4, 0.5) is 5.69 Å². The first-order valence-corrected chi connectivity index (χ1v) is 11.1. The second-order valence-corrected chi connectivity index (χ2v) is 8.69. The smallest absolute Gasteiger partial charge is 0.236 e. The molecule has 2 fully saturated rings. The van der Waals surface area contributed by atoms with Gasteiger partial charge in [-0.05, 0) is 48.9 Å². The van der Waals surface area contributed by atoms with E-state index in [0.29, 0.717) is 18.4 Å². The lowest BCUT2D eigenvalue weighted by Gasteiger charge is -2.38. The molecule has 29 heavy (non-hydrogen) atoms. The highest BCUT2D eigenvalue weighted by atomic mass is 35.5. The Labute approximate surface area is 179 Å². The van der Waals surface area contributed by atoms with Crippen molar-refractivity contribution in [2.45, 2.75) is 19.3 Å². The van der Waals surface area contributed by atoms with E-state index in [1.165, 1.54) is 11.3 Å². The summed E-state index contributed by atoms with van der Waals surface area (Å²) in [5.41, 5.74) is 2.58. The van der Waals surface area contributed by atoms with E-state index in [-0.39, 0.29) is 0 Å². The summed E-state index contributed by atoms with van der Waals surface area (Å²) >= 11 is 6.12. The van der Waals surface area contributed by atoms with Crippen LogP contribution in [0.2, 0.25) is 5.02 Å². The summed E-state index contributed by atoms with van der Waals surface area (Å²) in [7, 11) is 0. The van der Waals surface area contributed by atoms with Crippen molar-refractivity contribution in [3.05, 3.63) is 65.2 Å². The van der Waals surface area contributed by atoms with E-state index in [2.05, 4.69) is 51.1 Å². The number of amides is 1. The Hall–Kier alpha value is -2.04. The van der Waals surface area contributed by atoms with Crippen LogP contribution in [-0.4, -0.2) is 61.5 Å². The number of carbonyl (C=O) groups is 1. The topological polar surface area (TPSA) is 26.8 Å². The first-order chi connectivity index (χ1) is 14.2. The molecule has 2 saturated heterocycles. The lowest BCUT2D eigenvalue weighted by Crippen LogP contribution is -2.51. The van der Waals surface area contributed by atoms with Gasteiger partial charge in [-0.3, -0.25) is 9.69 Å². The molecule has 2 aromatic rings. The van der Waals surface area contributed by atoms with Gasteiger partial charge in [-0.2, -0.15) is 0 Å². The normalized spacial score (nSPS) is 18.8. The Balaban J connectivity index is 1.20. The number of halogens is 1. The number of piperazine rings is 1. The van der Waals surface area contributed by atoms with Crippen molar-refractivity contribution in [3.8, 4) is 0 Å². The summed E-state index contributed by atoms with van der Waals surface area (Å²) in [5.74, 6) is 0.988. The van der Waals surface area contributed by atoms with Crippen molar-refractivity contribution >= 4 is 23.2 Å². The molecule has 0 aliphatic carbocycles. The molecule has 0 radical (unpaired) electrons. The average Bonchev–Trinajstić information content (AvgIpc) is 2.75. The van der Waals surface area contributed by atoms with Crippen LogP contribution in [0.15, 0.2) is 54.6 Å². The second kappa shape index (κ2) is 9.64. The van der Waals surface area contributed by atoms with Gasteiger partial charge in [0.05, 0.1) is 6.54 Å². The van der Waals surface area contributed by atoms with Crippen molar-refractivity contribution in [1.82, 2.24) is 9.80 Å². The molecule has 0 aromatic heterocycles. The van der Waals surface area contributed by atoms with Crippen molar-refractivity contribution in [2.24, 2.45) is 5.92 Å². The first-order valence-electron chi connectivity index (χ1n) is 10.7. The van der Waals surface area contributed by atoms with Gasteiger partial charge < -0.3 is 9.80 Å². The Kier molecular flexibility index (Phi) is 6.73. The Bertz CT molecular complexity index is 797. The molecule has 1 amide bonds. The lowest BCUT2D eigenvalue weighted by molar-refractivity contribution is -0.133. The third-order valence-electron chi connectivity index (χ3n) is 6.24. The zero-order valence-electron chi connectivity index (χ0n) is 17.0. The number of piperidine rings is 1. The van der Waals surface area contributed by atoms with Crippen LogP contribution in [0.5, 0.6) is 0 Å². The van der Waals surface area contributed by atoms with Crippen LogP contribution < -0.4 is 4.90 Å². The lowest BCUT2D eigenvalue weighted by atomic mass is 9.90. The Morgan fingerprint density at radius 1 is 0.897 bits per heavy atom. The molecule has 2 aromatic carbocycles. The molecule has 2 aliphatic rings. The zero-order chi connectivity index (χ0) is 20.1. The second-order valence-electron chi connectivity index (χ2n) is 8.26. The molecule has 5 heteroatoms. The number of likely N-dealkylation sites (tertiary alicyclic amines) is 1. The highest BCUT2D eigenvalue weighted by molar-refractivity contribution is 6.30. The zero-order valence-corrected chi connectivity index (χ0v) is 17.7. The molecule has 0 unspecified atom stereocenters. The van der Waals surface area contributed by atoms with Gasteiger partial charge in [0.15, 0.2) is 0 Å². The fourth-order valence-corrected chi connectivity index (χ4v) is 4.65. The van der Waals surface area contributed by atoms with E-state index < -0.39 is 0 Å².